The summed E-state index contributed by atoms with van der Waals surface area (Å²) in [7, 11) is 0. The van der Waals surface area contributed by atoms with E-state index in [9.17, 15) is 0 Å². The molecule has 6 aromatic rings. The Bertz CT molecular complexity index is 2460. The predicted octanol–water partition coefficient (Wildman–Crippen LogP) is 12.9. The Morgan fingerprint density at radius 2 is 0.963 bits per heavy atom. The normalized spacial score (nSPS) is 20.0. The SMILES string of the molecule is C1=C(c2ccc(-c3ccc4c(c3)-c3cc5c(cc3C43CCCCC3)-c3ccccc3C53CCCCC3)cc2)NC(c2ccccc2)N=C1c1ccccc1. The van der Waals surface area contributed by atoms with Gasteiger partial charge in [-0.2, -0.15) is 0 Å². The van der Waals surface area contributed by atoms with Gasteiger partial charge in [-0.25, -0.2) is 0 Å². The van der Waals surface area contributed by atoms with Crippen LogP contribution in [0.5, 0.6) is 0 Å². The van der Waals surface area contributed by atoms with Crippen LogP contribution < -0.4 is 5.32 Å². The highest BCUT2D eigenvalue weighted by molar-refractivity contribution is 6.13. The molecule has 5 aliphatic rings. The van der Waals surface area contributed by atoms with Gasteiger partial charge in [0.05, 0.1) is 5.71 Å². The molecule has 2 heteroatoms. The van der Waals surface area contributed by atoms with E-state index in [0.29, 0.717) is 0 Å². The van der Waals surface area contributed by atoms with E-state index < -0.39 is 0 Å². The van der Waals surface area contributed by atoms with Gasteiger partial charge in [0.25, 0.3) is 0 Å². The van der Waals surface area contributed by atoms with Gasteiger partial charge < -0.3 is 5.32 Å². The highest BCUT2D eigenvalue weighted by atomic mass is 15.1. The minimum atomic E-state index is -0.146. The number of aliphatic imine (C=N–C) groups is 1. The number of nitrogens with zero attached hydrogens (tertiary/aromatic N) is 1. The van der Waals surface area contributed by atoms with E-state index in [1.807, 2.05) is 0 Å². The zero-order valence-electron chi connectivity index (χ0n) is 31.0. The first-order valence-corrected chi connectivity index (χ1v) is 20.4. The van der Waals surface area contributed by atoms with Crippen LogP contribution in [0.1, 0.15) is 109 Å². The standard InChI is InChI=1S/C52H46N2/c1-5-15-36(16-6-1)48-34-49(54-50(53-48)38-17-7-2-8-18-38)37-23-21-35(22-24-37)39-25-26-45-41(31-39)43-33-46-42(32-47(43)52(45)29-13-4-14-30-52)40-19-9-10-20-44(40)51(46)27-11-3-12-28-51/h1-2,5-10,15-26,31-34,50,54H,3-4,11-14,27-30H2. The minimum absolute atomic E-state index is 0.129. The van der Waals surface area contributed by atoms with Crippen LogP contribution >= 0.6 is 0 Å². The van der Waals surface area contributed by atoms with E-state index in [0.717, 1.165) is 22.5 Å². The number of allylic oxidation sites excluding steroid dienone is 1. The number of benzene rings is 6. The van der Waals surface area contributed by atoms with Gasteiger partial charge in [-0.15, -0.1) is 0 Å². The quantitative estimate of drug-likeness (QED) is 0.195. The highest BCUT2D eigenvalue weighted by Gasteiger charge is 2.48. The Labute approximate surface area is 319 Å². The molecule has 1 heterocycles. The maximum Gasteiger partial charge on any atom is 0.145 e. The molecule has 2 fully saturated rings. The second-order valence-electron chi connectivity index (χ2n) is 16.5. The molecule has 0 bridgehead atoms. The minimum Gasteiger partial charge on any atom is -0.360 e. The van der Waals surface area contributed by atoms with Crippen molar-refractivity contribution in [3.63, 3.8) is 0 Å². The molecular formula is C52H46N2. The molecule has 264 valence electrons. The maximum absolute atomic E-state index is 5.14. The molecule has 2 spiro atoms. The summed E-state index contributed by atoms with van der Waals surface area (Å²) >= 11 is 0. The smallest absolute Gasteiger partial charge is 0.145 e. The zero-order chi connectivity index (χ0) is 35.7. The van der Waals surface area contributed by atoms with Crippen LogP contribution in [0.15, 0.2) is 151 Å². The lowest BCUT2D eigenvalue weighted by Gasteiger charge is -2.37. The van der Waals surface area contributed by atoms with E-state index in [-0.39, 0.29) is 17.0 Å². The fourth-order valence-electron chi connectivity index (χ4n) is 11.1. The zero-order valence-corrected chi connectivity index (χ0v) is 31.0. The summed E-state index contributed by atoms with van der Waals surface area (Å²) < 4.78 is 0. The van der Waals surface area contributed by atoms with Crippen LogP contribution in [0.3, 0.4) is 0 Å². The number of nitrogens with one attached hydrogen (secondary N) is 1. The molecule has 54 heavy (non-hydrogen) atoms. The van der Waals surface area contributed by atoms with Crippen LogP contribution in [-0.4, -0.2) is 5.71 Å². The third kappa shape index (κ3) is 4.88. The molecule has 6 aromatic carbocycles. The highest BCUT2D eigenvalue weighted by Crippen LogP contribution is 2.62. The van der Waals surface area contributed by atoms with Crippen LogP contribution in [0.4, 0.5) is 0 Å². The third-order valence-corrected chi connectivity index (χ3v) is 13.7. The Morgan fingerprint density at radius 1 is 0.426 bits per heavy atom. The van der Waals surface area contributed by atoms with Crippen molar-refractivity contribution in [2.45, 2.75) is 81.2 Å². The Morgan fingerprint density at radius 3 is 1.65 bits per heavy atom. The van der Waals surface area contributed by atoms with Gasteiger partial charge in [0.2, 0.25) is 0 Å². The van der Waals surface area contributed by atoms with Gasteiger partial charge in [0.1, 0.15) is 6.17 Å². The molecule has 1 unspecified atom stereocenters. The van der Waals surface area contributed by atoms with Crippen LogP contribution in [-0.2, 0) is 10.8 Å². The molecule has 4 aliphatic carbocycles. The first-order valence-electron chi connectivity index (χ1n) is 20.4. The first kappa shape index (κ1) is 32.0. The monoisotopic (exact) mass is 698 g/mol. The molecule has 11 rings (SSSR count). The molecule has 1 N–H and O–H groups in total. The van der Waals surface area contributed by atoms with Crippen LogP contribution in [0.2, 0.25) is 0 Å². The average molecular weight is 699 g/mol. The van der Waals surface area contributed by atoms with E-state index in [1.165, 1.54) is 103 Å². The average Bonchev–Trinajstić information content (AvgIpc) is 3.66. The summed E-state index contributed by atoms with van der Waals surface area (Å²) in [6.07, 6.45) is 15.1. The fourth-order valence-corrected chi connectivity index (χ4v) is 11.1. The van der Waals surface area contributed by atoms with Crippen molar-refractivity contribution in [1.29, 1.82) is 0 Å². The van der Waals surface area contributed by atoms with Gasteiger partial charge in [-0.05, 0) is 122 Å². The number of rotatable bonds is 4. The Kier molecular flexibility index (Phi) is 7.44. The van der Waals surface area contributed by atoms with Crippen molar-refractivity contribution in [3.8, 4) is 33.4 Å². The first-order chi connectivity index (χ1) is 26.7. The van der Waals surface area contributed by atoms with Gasteiger partial charge in [0, 0.05) is 16.5 Å². The number of fused-ring (bicyclic) bond motifs is 10. The molecule has 0 radical (unpaired) electrons. The fraction of sp³-hybridized carbons (Fsp3) is 0.250. The summed E-state index contributed by atoms with van der Waals surface area (Å²) in [4.78, 5) is 5.14. The van der Waals surface area contributed by atoms with Crippen LogP contribution in [0, 0.1) is 0 Å². The predicted molar refractivity (Wildman–Crippen MR) is 224 cm³/mol. The van der Waals surface area contributed by atoms with E-state index in [4.69, 9.17) is 4.99 Å². The molecule has 0 amide bonds. The lowest BCUT2D eigenvalue weighted by Crippen LogP contribution is -2.29. The van der Waals surface area contributed by atoms with E-state index in [2.05, 4.69) is 151 Å². The summed E-state index contributed by atoms with van der Waals surface area (Å²) in [6.45, 7) is 0. The van der Waals surface area contributed by atoms with Gasteiger partial charge >= 0.3 is 0 Å². The third-order valence-electron chi connectivity index (χ3n) is 13.7. The molecule has 2 saturated carbocycles. The summed E-state index contributed by atoms with van der Waals surface area (Å²) in [5, 5.41) is 3.75. The van der Waals surface area contributed by atoms with Crippen molar-refractivity contribution in [2.24, 2.45) is 4.99 Å². The van der Waals surface area contributed by atoms with Crippen molar-refractivity contribution < 1.29 is 0 Å². The summed E-state index contributed by atoms with van der Waals surface area (Å²) in [5.74, 6) is 0. The van der Waals surface area contributed by atoms with Crippen molar-refractivity contribution in [3.05, 3.63) is 185 Å². The molecule has 0 saturated heterocycles. The molecule has 2 nitrogen and oxygen atoms in total. The van der Waals surface area contributed by atoms with Crippen molar-refractivity contribution in [1.82, 2.24) is 5.32 Å². The summed E-state index contributed by atoms with van der Waals surface area (Å²) in [6, 6.07) is 52.5. The number of hydrogen-bond donors (Lipinski definition) is 1. The lowest BCUT2D eigenvalue weighted by molar-refractivity contribution is 0.350. The second-order valence-corrected chi connectivity index (χ2v) is 16.5. The van der Waals surface area contributed by atoms with Crippen molar-refractivity contribution in [2.75, 3.05) is 0 Å². The second kappa shape index (κ2) is 12.6. The van der Waals surface area contributed by atoms with Crippen molar-refractivity contribution >= 4 is 11.4 Å². The Balaban J connectivity index is 0.988. The number of hydrogen-bond acceptors (Lipinski definition) is 2. The van der Waals surface area contributed by atoms with Gasteiger partial charge in [-0.1, -0.05) is 160 Å². The topological polar surface area (TPSA) is 24.4 Å². The molecule has 0 aromatic heterocycles. The molecule has 1 aliphatic heterocycles. The Hall–Kier alpha value is -5.47. The maximum atomic E-state index is 5.14. The molecular weight excluding hydrogens is 653 g/mol. The van der Waals surface area contributed by atoms with E-state index >= 15 is 0 Å². The lowest BCUT2D eigenvalue weighted by atomic mass is 9.66. The van der Waals surface area contributed by atoms with Gasteiger partial charge in [-0.3, -0.25) is 4.99 Å². The molecule has 1 atom stereocenters. The van der Waals surface area contributed by atoms with Gasteiger partial charge in [0.15, 0.2) is 0 Å². The largest absolute Gasteiger partial charge is 0.360 e. The van der Waals surface area contributed by atoms with Crippen LogP contribution in [0.25, 0.3) is 39.1 Å². The van der Waals surface area contributed by atoms with E-state index in [1.54, 1.807) is 22.3 Å². The summed E-state index contributed by atoms with van der Waals surface area (Å²) in [5.41, 5.74) is 20.8.